The molecule has 1 aliphatic heterocycles. The summed E-state index contributed by atoms with van der Waals surface area (Å²) in [7, 11) is 0. The summed E-state index contributed by atoms with van der Waals surface area (Å²) >= 11 is 0. The first kappa shape index (κ1) is 21.9. The van der Waals surface area contributed by atoms with Crippen molar-refractivity contribution in [3.8, 4) is 0 Å². The number of hydrogen-bond donors (Lipinski definition) is 2. The minimum atomic E-state index is -0.0601. The van der Waals surface area contributed by atoms with Crippen LogP contribution in [0.5, 0.6) is 0 Å². The number of likely N-dealkylation sites (tertiary alicyclic amines) is 1. The molecular formula is C22H28ClN3O2. The van der Waals surface area contributed by atoms with Crippen LogP contribution in [0.1, 0.15) is 54.6 Å². The number of rotatable bonds is 6. The molecule has 1 aliphatic rings. The third-order valence-electron chi connectivity index (χ3n) is 4.94. The standard InChI is InChI=1S/C22H27N3O2.ClH/c1-16(23)9-14-21(26)24-19-12-10-18(11-13-19)22(27)25-15-5-8-20(25)17-6-3-2-4-7-17;/h2-4,6-7,10-13,16,20H,5,8-9,14-15,23H2,1H3,(H,24,26);1H. The lowest BCUT2D eigenvalue weighted by Gasteiger charge is -2.25. The van der Waals surface area contributed by atoms with Crippen molar-refractivity contribution < 1.29 is 9.59 Å². The van der Waals surface area contributed by atoms with Gasteiger partial charge in [0.2, 0.25) is 5.91 Å². The molecule has 2 aromatic rings. The third-order valence-corrected chi connectivity index (χ3v) is 4.94. The summed E-state index contributed by atoms with van der Waals surface area (Å²) in [6.07, 6.45) is 3.05. The second-order valence-corrected chi connectivity index (χ2v) is 7.21. The van der Waals surface area contributed by atoms with Gasteiger partial charge in [0, 0.05) is 30.3 Å². The zero-order valence-corrected chi connectivity index (χ0v) is 17.0. The Labute approximate surface area is 172 Å². The molecule has 3 rings (SSSR count). The minimum absolute atomic E-state index is 0. The van der Waals surface area contributed by atoms with Crippen molar-refractivity contribution in [2.24, 2.45) is 5.73 Å². The number of carbonyl (C=O) groups is 2. The number of benzene rings is 2. The summed E-state index contributed by atoms with van der Waals surface area (Å²) in [5.41, 5.74) is 8.20. The zero-order valence-electron chi connectivity index (χ0n) is 16.1. The normalized spacial score (nSPS) is 16.9. The summed E-state index contributed by atoms with van der Waals surface area (Å²) in [5, 5.41) is 2.85. The second kappa shape index (κ2) is 10.2. The molecule has 150 valence electrons. The van der Waals surface area contributed by atoms with Crippen LogP contribution in [-0.2, 0) is 4.79 Å². The van der Waals surface area contributed by atoms with E-state index in [9.17, 15) is 9.59 Å². The molecule has 0 aromatic heterocycles. The fourth-order valence-electron chi connectivity index (χ4n) is 3.48. The first-order chi connectivity index (χ1) is 13.0. The van der Waals surface area contributed by atoms with Crippen molar-refractivity contribution in [3.05, 3.63) is 65.7 Å². The highest BCUT2D eigenvalue weighted by Crippen LogP contribution is 2.33. The lowest BCUT2D eigenvalue weighted by atomic mass is 10.0. The highest BCUT2D eigenvalue weighted by atomic mass is 35.5. The Morgan fingerprint density at radius 1 is 1.14 bits per heavy atom. The Morgan fingerprint density at radius 2 is 1.82 bits per heavy atom. The average Bonchev–Trinajstić information content (AvgIpc) is 3.17. The molecule has 0 saturated carbocycles. The fraction of sp³-hybridized carbons (Fsp3) is 0.364. The molecular weight excluding hydrogens is 374 g/mol. The van der Waals surface area contributed by atoms with Crippen LogP contribution in [-0.4, -0.2) is 29.3 Å². The lowest BCUT2D eigenvalue weighted by Crippen LogP contribution is -2.30. The van der Waals surface area contributed by atoms with Crippen LogP contribution in [0, 0.1) is 0 Å². The number of hydrogen-bond acceptors (Lipinski definition) is 3. The van der Waals surface area contributed by atoms with E-state index in [0.29, 0.717) is 24.1 Å². The molecule has 5 nitrogen and oxygen atoms in total. The third kappa shape index (κ3) is 5.57. The first-order valence-corrected chi connectivity index (χ1v) is 9.56. The Kier molecular flexibility index (Phi) is 8.03. The molecule has 2 atom stereocenters. The topological polar surface area (TPSA) is 75.4 Å². The van der Waals surface area contributed by atoms with E-state index in [0.717, 1.165) is 19.4 Å². The lowest BCUT2D eigenvalue weighted by molar-refractivity contribution is -0.116. The van der Waals surface area contributed by atoms with Gasteiger partial charge in [0.25, 0.3) is 5.91 Å². The molecule has 2 aromatic carbocycles. The van der Waals surface area contributed by atoms with Gasteiger partial charge in [0.05, 0.1) is 6.04 Å². The summed E-state index contributed by atoms with van der Waals surface area (Å²) < 4.78 is 0. The Bertz CT molecular complexity index is 778. The monoisotopic (exact) mass is 401 g/mol. The van der Waals surface area contributed by atoms with Gasteiger partial charge >= 0.3 is 0 Å². The van der Waals surface area contributed by atoms with Gasteiger partial charge in [0.15, 0.2) is 0 Å². The van der Waals surface area contributed by atoms with Gasteiger partial charge < -0.3 is 16.0 Å². The van der Waals surface area contributed by atoms with Crippen molar-refractivity contribution in [1.29, 1.82) is 0 Å². The molecule has 6 heteroatoms. The highest BCUT2D eigenvalue weighted by molar-refractivity contribution is 5.96. The number of nitrogens with one attached hydrogen (secondary N) is 1. The van der Waals surface area contributed by atoms with Crippen LogP contribution in [0.2, 0.25) is 0 Å². The quantitative estimate of drug-likeness (QED) is 0.763. The predicted molar refractivity (Wildman–Crippen MR) is 115 cm³/mol. The van der Waals surface area contributed by atoms with Crippen LogP contribution >= 0.6 is 12.4 Å². The van der Waals surface area contributed by atoms with Crippen molar-refractivity contribution in [2.45, 2.75) is 44.7 Å². The van der Waals surface area contributed by atoms with Crippen molar-refractivity contribution >= 4 is 29.9 Å². The van der Waals surface area contributed by atoms with Crippen LogP contribution in [0.3, 0.4) is 0 Å². The smallest absolute Gasteiger partial charge is 0.254 e. The van der Waals surface area contributed by atoms with Crippen molar-refractivity contribution in [2.75, 3.05) is 11.9 Å². The van der Waals surface area contributed by atoms with Gasteiger partial charge in [-0.1, -0.05) is 30.3 Å². The van der Waals surface area contributed by atoms with Gasteiger partial charge in [-0.05, 0) is 56.0 Å². The maximum Gasteiger partial charge on any atom is 0.254 e. The number of nitrogens with two attached hydrogens (primary N) is 1. The maximum atomic E-state index is 13.0. The van der Waals surface area contributed by atoms with E-state index in [2.05, 4.69) is 17.4 Å². The highest BCUT2D eigenvalue weighted by Gasteiger charge is 2.30. The molecule has 28 heavy (non-hydrogen) atoms. The van der Waals surface area contributed by atoms with Gasteiger partial charge in [-0.3, -0.25) is 9.59 Å². The van der Waals surface area contributed by atoms with Crippen molar-refractivity contribution in [1.82, 2.24) is 4.90 Å². The van der Waals surface area contributed by atoms with Gasteiger partial charge in [-0.2, -0.15) is 0 Å². The summed E-state index contributed by atoms with van der Waals surface area (Å²) in [4.78, 5) is 26.8. The van der Waals surface area contributed by atoms with E-state index in [4.69, 9.17) is 5.73 Å². The molecule has 0 bridgehead atoms. The summed E-state index contributed by atoms with van der Waals surface area (Å²) in [5.74, 6) is -0.0220. The zero-order chi connectivity index (χ0) is 19.2. The number of carbonyl (C=O) groups excluding carboxylic acids is 2. The minimum Gasteiger partial charge on any atom is -0.332 e. The van der Waals surface area contributed by atoms with Crippen molar-refractivity contribution in [3.63, 3.8) is 0 Å². The Morgan fingerprint density at radius 3 is 2.46 bits per heavy atom. The molecule has 3 N–H and O–H groups in total. The molecule has 1 heterocycles. The van der Waals surface area contributed by atoms with E-state index in [1.54, 1.807) is 24.3 Å². The van der Waals surface area contributed by atoms with Crippen LogP contribution in [0.15, 0.2) is 54.6 Å². The van der Waals surface area contributed by atoms with Gasteiger partial charge in [0.1, 0.15) is 0 Å². The second-order valence-electron chi connectivity index (χ2n) is 7.21. The molecule has 0 spiro atoms. The van der Waals surface area contributed by atoms with E-state index in [1.807, 2.05) is 30.0 Å². The van der Waals surface area contributed by atoms with E-state index >= 15 is 0 Å². The number of amides is 2. The molecule has 2 amide bonds. The number of nitrogens with zero attached hydrogens (tertiary/aromatic N) is 1. The molecule has 2 unspecified atom stereocenters. The number of halogens is 1. The predicted octanol–water partition coefficient (Wildman–Crippen LogP) is 4.15. The van der Waals surface area contributed by atoms with Gasteiger partial charge in [-0.25, -0.2) is 0 Å². The fourth-order valence-corrected chi connectivity index (χ4v) is 3.48. The Balaban J connectivity index is 0.00000280. The largest absolute Gasteiger partial charge is 0.332 e. The average molecular weight is 402 g/mol. The Hall–Kier alpha value is -2.37. The van der Waals surface area contributed by atoms with Crippen LogP contribution < -0.4 is 11.1 Å². The SMILES string of the molecule is CC(N)CCC(=O)Nc1ccc(C(=O)N2CCCC2c2ccccc2)cc1.Cl. The molecule has 0 aliphatic carbocycles. The number of anilines is 1. The van der Waals surface area contributed by atoms with Gasteiger partial charge in [-0.15, -0.1) is 12.4 Å². The molecule has 1 fully saturated rings. The summed E-state index contributed by atoms with van der Waals surface area (Å²) in [6.45, 7) is 2.66. The van der Waals surface area contributed by atoms with E-state index in [-0.39, 0.29) is 36.3 Å². The van der Waals surface area contributed by atoms with E-state index in [1.165, 1.54) is 5.56 Å². The summed E-state index contributed by atoms with van der Waals surface area (Å²) in [6, 6.07) is 17.5. The van der Waals surface area contributed by atoms with E-state index < -0.39 is 0 Å². The van der Waals surface area contributed by atoms with Crippen LogP contribution in [0.4, 0.5) is 5.69 Å². The molecule has 1 saturated heterocycles. The maximum absolute atomic E-state index is 13.0. The molecule has 0 radical (unpaired) electrons. The van der Waals surface area contributed by atoms with Crippen LogP contribution in [0.25, 0.3) is 0 Å². The first-order valence-electron chi connectivity index (χ1n) is 9.56.